The van der Waals surface area contributed by atoms with Crippen LogP contribution in [0.5, 0.6) is 0 Å². The molecule has 1 saturated heterocycles. The first-order valence-electron chi connectivity index (χ1n) is 8.99. The van der Waals surface area contributed by atoms with Gasteiger partial charge in [-0.25, -0.2) is 4.68 Å². The summed E-state index contributed by atoms with van der Waals surface area (Å²) in [4.78, 5) is 13.0. The zero-order chi connectivity index (χ0) is 17.1. The summed E-state index contributed by atoms with van der Waals surface area (Å²) in [5.41, 5.74) is 1.09. The second kappa shape index (κ2) is 7.31. The monoisotopic (exact) mass is 341 g/mol. The average molecular weight is 341 g/mol. The van der Waals surface area contributed by atoms with Crippen molar-refractivity contribution in [3.8, 4) is 0 Å². The molecule has 0 unspecified atom stereocenters. The number of hydrogen-bond acceptors (Lipinski definition) is 5. The van der Waals surface area contributed by atoms with Crippen LogP contribution in [0.1, 0.15) is 37.3 Å². The summed E-state index contributed by atoms with van der Waals surface area (Å²) >= 11 is 0. The van der Waals surface area contributed by atoms with Crippen LogP contribution in [0.3, 0.4) is 0 Å². The number of aromatic nitrogens is 4. The minimum absolute atomic E-state index is 0.0197. The average Bonchev–Trinajstić information content (AvgIpc) is 3.32. The third-order valence-corrected chi connectivity index (χ3v) is 5.37. The van der Waals surface area contributed by atoms with E-state index < -0.39 is 6.04 Å². The molecular weight excluding hydrogens is 318 g/mol. The van der Waals surface area contributed by atoms with Crippen LogP contribution >= 0.6 is 0 Å². The second-order valence-corrected chi connectivity index (χ2v) is 6.90. The summed E-state index contributed by atoms with van der Waals surface area (Å²) in [7, 11) is 0. The summed E-state index contributed by atoms with van der Waals surface area (Å²) < 4.78 is 7.36. The van der Waals surface area contributed by atoms with E-state index in [9.17, 15) is 4.79 Å². The number of ether oxygens (including phenoxy) is 1. The molecule has 1 aromatic heterocycles. The maximum absolute atomic E-state index is 13.0. The van der Waals surface area contributed by atoms with Crippen LogP contribution in [0.25, 0.3) is 0 Å². The third kappa shape index (κ3) is 3.56. The number of carbonyl (C=O) groups is 1. The molecule has 2 aliphatic rings. The van der Waals surface area contributed by atoms with Crippen molar-refractivity contribution in [2.24, 2.45) is 5.92 Å². The van der Waals surface area contributed by atoms with Crippen molar-refractivity contribution in [2.45, 2.75) is 50.3 Å². The predicted octanol–water partition coefficient (Wildman–Crippen LogP) is 1.53. The second-order valence-electron chi connectivity index (χ2n) is 6.90. The zero-order valence-corrected chi connectivity index (χ0v) is 14.1. The van der Waals surface area contributed by atoms with Gasteiger partial charge in [0.2, 0.25) is 5.91 Å². The van der Waals surface area contributed by atoms with Gasteiger partial charge in [-0.3, -0.25) is 4.79 Å². The number of fused-ring (bicyclic) bond motifs is 1. The molecule has 2 heterocycles. The highest BCUT2D eigenvalue weighted by Crippen LogP contribution is 2.34. The summed E-state index contributed by atoms with van der Waals surface area (Å²) in [6.07, 6.45) is 6.63. The minimum atomic E-state index is -0.444. The Morgan fingerprint density at radius 2 is 2.16 bits per heavy atom. The Balaban J connectivity index is 1.49. The minimum Gasteiger partial charge on any atom is -0.378 e. The van der Waals surface area contributed by atoms with E-state index in [1.54, 1.807) is 4.68 Å². The summed E-state index contributed by atoms with van der Waals surface area (Å²) in [5, 5.41) is 14.6. The molecule has 1 saturated carbocycles. The molecule has 4 atom stereocenters. The number of benzene rings is 1. The molecular formula is C18H23N5O2. The van der Waals surface area contributed by atoms with Crippen LogP contribution in [0, 0.1) is 5.92 Å². The quantitative estimate of drug-likeness (QED) is 0.892. The van der Waals surface area contributed by atoms with Crippen LogP contribution in [0.2, 0.25) is 0 Å². The van der Waals surface area contributed by atoms with Crippen LogP contribution in [-0.2, 0) is 16.0 Å². The van der Waals surface area contributed by atoms with Crippen LogP contribution < -0.4 is 5.32 Å². The predicted molar refractivity (Wildman–Crippen MR) is 90.6 cm³/mol. The van der Waals surface area contributed by atoms with Gasteiger partial charge in [-0.05, 0) is 41.7 Å². The molecule has 0 bridgehead atoms. The van der Waals surface area contributed by atoms with Crippen LogP contribution in [0.4, 0.5) is 0 Å². The van der Waals surface area contributed by atoms with Crippen molar-refractivity contribution in [2.75, 3.05) is 6.61 Å². The van der Waals surface area contributed by atoms with Crippen molar-refractivity contribution >= 4 is 5.91 Å². The molecule has 0 spiro atoms. The van der Waals surface area contributed by atoms with E-state index in [0.717, 1.165) is 37.9 Å². The Labute approximate surface area is 146 Å². The normalized spacial score (nSPS) is 26.8. The zero-order valence-electron chi connectivity index (χ0n) is 14.1. The lowest BCUT2D eigenvalue weighted by Gasteiger charge is -2.34. The van der Waals surface area contributed by atoms with Gasteiger partial charge in [-0.1, -0.05) is 30.3 Å². The van der Waals surface area contributed by atoms with E-state index in [0.29, 0.717) is 18.4 Å². The lowest BCUT2D eigenvalue weighted by Crippen LogP contribution is -2.48. The maximum atomic E-state index is 13.0. The van der Waals surface area contributed by atoms with Crippen LogP contribution in [-0.4, -0.2) is 44.9 Å². The standard InChI is InChI=1S/C18H23N5O2/c24-18(20-15-7-4-8-17-14(15)9-10-25-17)16(23-12-19-21-22-23)11-13-5-2-1-3-6-13/h1-3,5-6,12,14-17H,4,7-11H2,(H,20,24)/t14-,15-,16+,17+/m1/s1. The first kappa shape index (κ1) is 16.2. The van der Waals surface area contributed by atoms with Gasteiger partial charge in [0.05, 0.1) is 6.10 Å². The van der Waals surface area contributed by atoms with Gasteiger partial charge in [-0.15, -0.1) is 5.10 Å². The highest BCUT2D eigenvalue weighted by molar-refractivity contribution is 5.80. The van der Waals surface area contributed by atoms with Crippen molar-refractivity contribution in [3.63, 3.8) is 0 Å². The Morgan fingerprint density at radius 3 is 2.96 bits per heavy atom. The highest BCUT2D eigenvalue weighted by Gasteiger charge is 2.39. The van der Waals surface area contributed by atoms with E-state index in [2.05, 4.69) is 20.8 Å². The fraction of sp³-hybridized carbons (Fsp3) is 0.556. The number of hydrogen-bond donors (Lipinski definition) is 1. The Kier molecular flexibility index (Phi) is 4.74. The first-order valence-corrected chi connectivity index (χ1v) is 8.99. The molecule has 2 aromatic rings. The fourth-order valence-electron chi connectivity index (χ4n) is 4.09. The summed E-state index contributed by atoms with van der Waals surface area (Å²) in [6.45, 7) is 0.808. The third-order valence-electron chi connectivity index (χ3n) is 5.37. The lowest BCUT2D eigenvalue weighted by molar-refractivity contribution is -0.126. The number of nitrogens with one attached hydrogen (secondary N) is 1. The molecule has 0 radical (unpaired) electrons. The van der Waals surface area contributed by atoms with Gasteiger partial charge in [0.1, 0.15) is 12.4 Å². The van der Waals surface area contributed by atoms with Crippen molar-refractivity contribution < 1.29 is 9.53 Å². The fourth-order valence-corrected chi connectivity index (χ4v) is 4.09. The molecule has 1 aromatic carbocycles. The SMILES string of the molecule is O=C(N[C@@H]1CCC[C@@H]2OCC[C@@H]21)[C@H](Cc1ccccc1)n1cnnn1. The smallest absolute Gasteiger partial charge is 0.245 e. The van der Waals surface area contributed by atoms with E-state index in [4.69, 9.17) is 4.74 Å². The van der Waals surface area contributed by atoms with Crippen molar-refractivity contribution in [1.29, 1.82) is 0 Å². The van der Waals surface area contributed by atoms with Gasteiger partial charge in [-0.2, -0.15) is 0 Å². The first-order chi connectivity index (χ1) is 12.3. The Bertz CT molecular complexity index is 691. The molecule has 1 N–H and O–H groups in total. The maximum Gasteiger partial charge on any atom is 0.245 e. The van der Waals surface area contributed by atoms with E-state index >= 15 is 0 Å². The van der Waals surface area contributed by atoms with Gasteiger partial charge in [0, 0.05) is 25.0 Å². The van der Waals surface area contributed by atoms with Gasteiger partial charge in [0.25, 0.3) is 0 Å². The molecule has 25 heavy (non-hydrogen) atoms. The van der Waals surface area contributed by atoms with E-state index in [-0.39, 0.29) is 11.9 Å². The van der Waals surface area contributed by atoms with Crippen molar-refractivity contribution in [3.05, 3.63) is 42.2 Å². The molecule has 7 heteroatoms. The van der Waals surface area contributed by atoms with E-state index in [1.165, 1.54) is 6.33 Å². The molecule has 1 aliphatic heterocycles. The van der Waals surface area contributed by atoms with Gasteiger partial charge >= 0.3 is 0 Å². The highest BCUT2D eigenvalue weighted by atomic mass is 16.5. The Hall–Kier alpha value is -2.28. The molecule has 1 aliphatic carbocycles. The molecule has 2 fully saturated rings. The number of amides is 1. The number of tetrazole rings is 1. The number of nitrogens with zero attached hydrogens (tertiary/aromatic N) is 4. The molecule has 7 nitrogen and oxygen atoms in total. The molecule has 4 rings (SSSR count). The topological polar surface area (TPSA) is 81.9 Å². The number of carbonyl (C=O) groups excluding carboxylic acids is 1. The van der Waals surface area contributed by atoms with Crippen molar-refractivity contribution in [1.82, 2.24) is 25.5 Å². The van der Waals surface area contributed by atoms with Gasteiger partial charge < -0.3 is 10.1 Å². The number of rotatable bonds is 5. The molecule has 132 valence electrons. The summed E-state index contributed by atoms with van der Waals surface area (Å²) in [6, 6.07) is 9.70. The van der Waals surface area contributed by atoms with Gasteiger partial charge in [0.15, 0.2) is 0 Å². The Morgan fingerprint density at radius 1 is 1.28 bits per heavy atom. The van der Waals surface area contributed by atoms with Crippen LogP contribution in [0.15, 0.2) is 36.7 Å². The largest absolute Gasteiger partial charge is 0.378 e. The summed E-state index contributed by atoms with van der Waals surface area (Å²) in [5.74, 6) is 0.414. The van der Waals surface area contributed by atoms with E-state index in [1.807, 2.05) is 30.3 Å². The molecule has 1 amide bonds. The lowest BCUT2D eigenvalue weighted by atomic mass is 9.81.